The third-order valence-corrected chi connectivity index (χ3v) is 5.75. The van der Waals surface area contributed by atoms with Crippen molar-refractivity contribution in [3.05, 3.63) is 59.9 Å². The number of nitrogens with zero attached hydrogens (tertiary/aromatic N) is 3. The van der Waals surface area contributed by atoms with Gasteiger partial charge in [-0.1, -0.05) is 35.9 Å². The third-order valence-electron chi connectivity index (χ3n) is 4.49. The van der Waals surface area contributed by atoms with Crippen LogP contribution >= 0.6 is 23.4 Å². The van der Waals surface area contributed by atoms with E-state index in [1.165, 1.54) is 11.8 Å². The fourth-order valence-corrected chi connectivity index (χ4v) is 4.20. The maximum absolute atomic E-state index is 12.6. The number of carbonyl (C=O) groups excluding carboxylic acids is 1. The van der Waals surface area contributed by atoms with Crippen LogP contribution in [0.1, 0.15) is 0 Å². The number of hydrogen-bond donors (Lipinski definition) is 2. The van der Waals surface area contributed by atoms with E-state index in [0.717, 1.165) is 24.5 Å². The lowest BCUT2D eigenvalue weighted by Crippen LogP contribution is -2.37. The van der Waals surface area contributed by atoms with Crippen LogP contribution in [0.3, 0.4) is 0 Å². The second kappa shape index (κ2) is 9.30. The van der Waals surface area contributed by atoms with Gasteiger partial charge in [-0.2, -0.15) is 5.10 Å². The molecule has 1 aliphatic rings. The molecule has 0 bridgehead atoms. The summed E-state index contributed by atoms with van der Waals surface area (Å²) in [4.78, 5) is 19.1. The minimum atomic E-state index is -0.116. The Morgan fingerprint density at radius 3 is 2.79 bits per heavy atom. The maximum Gasteiger partial charge on any atom is 0.385 e. The summed E-state index contributed by atoms with van der Waals surface area (Å²) < 4.78 is 7.27. The first-order valence-electron chi connectivity index (χ1n) is 9.27. The lowest BCUT2D eigenvalue weighted by Gasteiger charge is -2.31. The molecule has 7 nitrogen and oxygen atoms in total. The highest BCUT2D eigenvalue weighted by Gasteiger charge is 2.21. The minimum Gasteiger partial charge on any atom is -0.378 e. The number of H-pyrrole nitrogens is 1. The van der Waals surface area contributed by atoms with Crippen LogP contribution in [0.2, 0.25) is 5.02 Å². The van der Waals surface area contributed by atoms with Crippen molar-refractivity contribution in [3.63, 3.8) is 0 Å². The summed E-state index contributed by atoms with van der Waals surface area (Å²) in [5, 5.41) is 7.40. The van der Waals surface area contributed by atoms with Gasteiger partial charge in [0.1, 0.15) is 0 Å². The monoisotopic (exact) mass is 430 g/mol. The second-order valence-corrected chi connectivity index (χ2v) is 7.76. The fraction of sp³-hybridized carbons (Fsp3) is 0.250. The van der Waals surface area contributed by atoms with Crippen molar-refractivity contribution in [2.24, 2.45) is 0 Å². The Morgan fingerprint density at radius 2 is 2.00 bits per heavy atom. The van der Waals surface area contributed by atoms with E-state index in [1.807, 2.05) is 53.2 Å². The number of hydrogen-bond acceptors (Lipinski definition) is 5. The van der Waals surface area contributed by atoms with Crippen molar-refractivity contribution in [2.75, 3.05) is 42.3 Å². The lowest BCUT2D eigenvalue weighted by atomic mass is 10.2. The summed E-state index contributed by atoms with van der Waals surface area (Å²) in [5.41, 5.74) is 2.51. The molecular formula is C20H21ClN5O2S+. The Labute approximate surface area is 178 Å². The normalized spacial score (nSPS) is 14.0. The molecule has 9 heteroatoms. The average Bonchev–Trinajstić information content (AvgIpc) is 3.22. The van der Waals surface area contributed by atoms with E-state index >= 15 is 0 Å². The molecule has 0 unspecified atom stereocenters. The highest BCUT2D eigenvalue weighted by Crippen LogP contribution is 2.34. The third kappa shape index (κ3) is 4.72. The first-order chi connectivity index (χ1) is 14.2. The number of ether oxygens (including phenoxy) is 1. The van der Waals surface area contributed by atoms with Crippen molar-refractivity contribution < 1.29 is 14.2 Å². The highest BCUT2D eigenvalue weighted by molar-refractivity contribution is 7.99. The van der Waals surface area contributed by atoms with Gasteiger partial charge in [-0.15, -0.1) is 4.68 Å². The number of thioether (sulfide) groups is 1. The molecule has 2 N–H and O–H groups in total. The van der Waals surface area contributed by atoms with Crippen molar-refractivity contribution in [2.45, 2.75) is 5.16 Å². The molecule has 0 spiro atoms. The van der Waals surface area contributed by atoms with Gasteiger partial charge in [0.15, 0.2) is 5.69 Å². The molecule has 0 aliphatic carbocycles. The predicted octanol–water partition coefficient (Wildman–Crippen LogP) is 2.91. The van der Waals surface area contributed by atoms with Crippen LogP contribution in [0.25, 0.3) is 5.69 Å². The fourth-order valence-electron chi connectivity index (χ4n) is 3.16. The van der Waals surface area contributed by atoms with E-state index in [0.29, 0.717) is 29.1 Å². The number of amides is 1. The molecule has 0 saturated carbocycles. The zero-order valence-electron chi connectivity index (χ0n) is 15.7. The number of aromatic nitrogens is 3. The number of para-hydroxylation sites is 2. The summed E-state index contributed by atoms with van der Waals surface area (Å²) in [5.74, 6) is 0.113. The summed E-state index contributed by atoms with van der Waals surface area (Å²) in [6.07, 6.45) is 1.61. The number of anilines is 2. The molecule has 1 fully saturated rings. The number of morpholine rings is 1. The van der Waals surface area contributed by atoms with E-state index in [2.05, 4.69) is 20.3 Å². The zero-order chi connectivity index (χ0) is 20.1. The van der Waals surface area contributed by atoms with E-state index in [1.54, 1.807) is 6.33 Å². The van der Waals surface area contributed by atoms with Crippen molar-refractivity contribution in [3.8, 4) is 5.69 Å². The Kier molecular flexibility index (Phi) is 6.33. The molecule has 1 saturated heterocycles. The standard InChI is InChI=1S/C20H20ClN5O2S/c21-16-7-4-8-17(19(16)25-9-11-28-12-10-25)24-18(27)13-29-20-22-14-23-26(20)15-5-2-1-3-6-15/h1-8,14H,9-13H2,(H,24,27)/p+1. The zero-order valence-corrected chi connectivity index (χ0v) is 17.2. The Hall–Kier alpha value is -2.55. The Balaban J connectivity index is 1.44. The van der Waals surface area contributed by atoms with Crippen LogP contribution in [-0.4, -0.2) is 48.0 Å². The molecular weight excluding hydrogens is 410 g/mol. The molecule has 29 heavy (non-hydrogen) atoms. The van der Waals surface area contributed by atoms with E-state index in [-0.39, 0.29) is 11.7 Å². The van der Waals surface area contributed by atoms with Gasteiger partial charge >= 0.3 is 5.16 Å². The van der Waals surface area contributed by atoms with Gasteiger partial charge in [-0.25, -0.2) is 0 Å². The second-order valence-electron chi connectivity index (χ2n) is 6.41. The van der Waals surface area contributed by atoms with E-state index in [4.69, 9.17) is 16.3 Å². The number of halogens is 1. The van der Waals surface area contributed by atoms with Gasteiger partial charge in [0.25, 0.3) is 0 Å². The van der Waals surface area contributed by atoms with Crippen LogP contribution < -0.4 is 14.9 Å². The first kappa shape index (κ1) is 19.8. The molecule has 1 aliphatic heterocycles. The smallest absolute Gasteiger partial charge is 0.378 e. The summed E-state index contributed by atoms with van der Waals surface area (Å²) >= 11 is 7.80. The molecule has 0 radical (unpaired) electrons. The van der Waals surface area contributed by atoms with Gasteiger partial charge in [-0.3, -0.25) is 4.79 Å². The van der Waals surface area contributed by atoms with Crippen LogP contribution in [-0.2, 0) is 9.53 Å². The maximum atomic E-state index is 12.6. The Morgan fingerprint density at radius 1 is 1.21 bits per heavy atom. The summed E-state index contributed by atoms with van der Waals surface area (Å²) in [6.45, 7) is 2.78. The molecule has 1 aromatic heterocycles. The molecule has 3 aromatic rings. The quantitative estimate of drug-likeness (QED) is 0.464. The largest absolute Gasteiger partial charge is 0.385 e. The summed E-state index contributed by atoms with van der Waals surface area (Å²) in [7, 11) is 0. The molecule has 150 valence electrons. The van der Waals surface area contributed by atoms with E-state index < -0.39 is 0 Å². The van der Waals surface area contributed by atoms with Crippen LogP contribution in [0, 0.1) is 0 Å². The molecule has 4 rings (SSSR count). The minimum absolute atomic E-state index is 0.116. The van der Waals surface area contributed by atoms with Crippen molar-refractivity contribution in [1.29, 1.82) is 0 Å². The summed E-state index contributed by atoms with van der Waals surface area (Å²) in [6, 6.07) is 15.4. The van der Waals surface area contributed by atoms with Gasteiger partial charge in [-0.05, 0) is 41.0 Å². The number of nitrogens with one attached hydrogen (secondary N) is 2. The van der Waals surface area contributed by atoms with Crippen LogP contribution in [0.5, 0.6) is 0 Å². The van der Waals surface area contributed by atoms with Crippen LogP contribution in [0.15, 0.2) is 60.0 Å². The van der Waals surface area contributed by atoms with Crippen LogP contribution in [0.4, 0.5) is 11.4 Å². The van der Waals surface area contributed by atoms with E-state index in [9.17, 15) is 4.79 Å². The highest BCUT2D eigenvalue weighted by atomic mass is 35.5. The lowest BCUT2D eigenvalue weighted by molar-refractivity contribution is -0.694. The molecule has 1 amide bonds. The molecule has 0 atom stereocenters. The van der Waals surface area contributed by atoms with Crippen molar-refractivity contribution in [1.82, 2.24) is 10.1 Å². The topological polar surface area (TPSA) is 74.1 Å². The number of carbonyl (C=O) groups is 1. The van der Waals surface area contributed by atoms with Crippen molar-refractivity contribution >= 4 is 40.6 Å². The molecule has 2 heterocycles. The number of rotatable bonds is 6. The molecule has 2 aromatic carbocycles. The van der Waals surface area contributed by atoms with Gasteiger partial charge in [0.05, 0.1) is 35.4 Å². The van der Waals surface area contributed by atoms with Gasteiger partial charge in [0.2, 0.25) is 12.2 Å². The van der Waals surface area contributed by atoms with Gasteiger partial charge < -0.3 is 15.0 Å². The SMILES string of the molecule is O=C(CSc1nc[nH][n+]1-c1ccccc1)Nc1cccc(Cl)c1N1CCOCC1. The first-order valence-corrected chi connectivity index (χ1v) is 10.6. The Bertz CT molecular complexity index is 976. The number of aromatic amines is 1. The predicted molar refractivity (Wildman–Crippen MR) is 114 cm³/mol. The average molecular weight is 431 g/mol. The number of benzene rings is 2. The van der Waals surface area contributed by atoms with Gasteiger partial charge in [0, 0.05) is 13.1 Å².